The van der Waals surface area contributed by atoms with Gasteiger partial charge in [-0.15, -0.1) is 0 Å². The first-order valence-corrected chi connectivity index (χ1v) is 7.28. The van der Waals surface area contributed by atoms with Crippen molar-refractivity contribution in [2.24, 2.45) is 0 Å². The standard InChI is InChI=1S/C12H21N3S/c1-3-16-8-10(2)14-7-12-6-13-9-15(12)11-4-5-11/h6,9-11,14H,3-5,7-8H2,1-2H3. The van der Waals surface area contributed by atoms with Crippen LogP contribution >= 0.6 is 11.8 Å². The molecule has 1 aromatic heterocycles. The van der Waals surface area contributed by atoms with Gasteiger partial charge in [-0.05, 0) is 25.5 Å². The molecular formula is C12H21N3S. The molecule has 16 heavy (non-hydrogen) atoms. The Kier molecular flexibility index (Phi) is 4.29. The summed E-state index contributed by atoms with van der Waals surface area (Å²) in [6, 6.07) is 1.31. The predicted molar refractivity (Wildman–Crippen MR) is 69.8 cm³/mol. The van der Waals surface area contributed by atoms with Crippen LogP contribution in [0.25, 0.3) is 0 Å². The number of nitrogens with one attached hydrogen (secondary N) is 1. The zero-order chi connectivity index (χ0) is 11.4. The summed E-state index contributed by atoms with van der Waals surface area (Å²) in [5.74, 6) is 2.39. The van der Waals surface area contributed by atoms with Crippen LogP contribution in [0.5, 0.6) is 0 Å². The highest BCUT2D eigenvalue weighted by atomic mass is 32.2. The van der Waals surface area contributed by atoms with Crippen LogP contribution in [0.4, 0.5) is 0 Å². The van der Waals surface area contributed by atoms with Crippen LogP contribution < -0.4 is 5.32 Å². The van der Waals surface area contributed by atoms with Crippen LogP contribution in [-0.4, -0.2) is 27.1 Å². The number of nitrogens with zero attached hydrogens (tertiary/aromatic N) is 2. The second-order valence-electron chi connectivity index (χ2n) is 4.46. The van der Waals surface area contributed by atoms with Gasteiger partial charge in [-0.2, -0.15) is 11.8 Å². The predicted octanol–water partition coefficient (Wildman–Crippen LogP) is 2.45. The largest absolute Gasteiger partial charge is 0.330 e. The van der Waals surface area contributed by atoms with Crippen molar-refractivity contribution in [3.8, 4) is 0 Å². The van der Waals surface area contributed by atoms with Gasteiger partial charge in [0, 0.05) is 30.6 Å². The molecule has 0 aliphatic heterocycles. The lowest BCUT2D eigenvalue weighted by Crippen LogP contribution is -2.28. The first kappa shape index (κ1) is 12.0. The van der Waals surface area contributed by atoms with E-state index in [4.69, 9.17) is 0 Å². The van der Waals surface area contributed by atoms with Crippen LogP contribution in [-0.2, 0) is 6.54 Å². The lowest BCUT2D eigenvalue weighted by Gasteiger charge is -2.14. The van der Waals surface area contributed by atoms with Gasteiger partial charge < -0.3 is 9.88 Å². The van der Waals surface area contributed by atoms with Gasteiger partial charge in [0.25, 0.3) is 0 Å². The Hall–Kier alpha value is -0.480. The topological polar surface area (TPSA) is 29.9 Å². The van der Waals surface area contributed by atoms with E-state index in [2.05, 4.69) is 28.7 Å². The summed E-state index contributed by atoms with van der Waals surface area (Å²) in [6.45, 7) is 5.40. The smallest absolute Gasteiger partial charge is 0.0951 e. The Morgan fingerprint density at radius 1 is 1.62 bits per heavy atom. The van der Waals surface area contributed by atoms with Gasteiger partial charge in [-0.3, -0.25) is 0 Å². The molecule has 1 aromatic rings. The van der Waals surface area contributed by atoms with Gasteiger partial charge in [0.1, 0.15) is 0 Å². The molecule has 1 aliphatic carbocycles. The maximum absolute atomic E-state index is 4.24. The molecule has 1 heterocycles. The highest BCUT2D eigenvalue weighted by Gasteiger charge is 2.24. The van der Waals surface area contributed by atoms with Crippen molar-refractivity contribution in [1.29, 1.82) is 0 Å². The van der Waals surface area contributed by atoms with Crippen molar-refractivity contribution < 1.29 is 0 Å². The van der Waals surface area contributed by atoms with Gasteiger partial charge in [0.2, 0.25) is 0 Å². The minimum atomic E-state index is 0.576. The van der Waals surface area contributed by atoms with E-state index in [0.717, 1.165) is 12.6 Å². The average Bonchev–Trinajstić information content (AvgIpc) is 3.03. The van der Waals surface area contributed by atoms with E-state index in [9.17, 15) is 0 Å². The highest BCUT2D eigenvalue weighted by Crippen LogP contribution is 2.35. The van der Waals surface area contributed by atoms with Crippen LogP contribution in [0, 0.1) is 0 Å². The molecule has 0 aromatic carbocycles. The summed E-state index contributed by atoms with van der Waals surface area (Å²) < 4.78 is 2.33. The van der Waals surface area contributed by atoms with Crippen LogP contribution in [0.1, 0.15) is 38.4 Å². The average molecular weight is 239 g/mol. The minimum Gasteiger partial charge on any atom is -0.330 e. The number of aromatic nitrogens is 2. The SMILES string of the molecule is CCSCC(C)NCc1cncn1C1CC1. The van der Waals surface area contributed by atoms with Crippen molar-refractivity contribution in [2.75, 3.05) is 11.5 Å². The van der Waals surface area contributed by atoms with Crippen molar-refractivity contribution in [1.82, 2.24) is 14.9 Å². The quantitative estimate of drug-likeness (QED) is 0.792. The molecule has 90 valence electrons. The molecule has 1 N–H and O–H groups in total. The number of thioether (sulfide) groups is 1. The van der Waals surface area contributed by atoms with Crippen molar-refractivity contribution in [3.05, 3.63) is 18.2 Å². The highest BCUT2D eigenvalue weighted by molar-refractivity contribution is 7.99. The van der Waals surface area contributed by atoms with E-state index in [1.54, 1.807) is 0 Å². The molecule has 0 amide bonds. The van der Waals surface area contributed by atoms with Crippen molar-refractivity contribution >= 4 is 11.8 Å². The molecule has 0 radical (unpaired) electrons. The van der Waals surface area contributed by atoms with E-state index in [0.29, 0.717) is 6.04 Å². The van der Waals surface area contributed by atoms with Gasteiger partial charge in [0.05, 0.1) is 12.0 Å². The zero-order valence-corrected chi connectivity index (χ0v) is 11.0. The first-order valence-electron chi connectivity index (χ1n) is 6.13. The Balaban J connectivity index is 1.77. The summed E-state index contributed by atoms with van der Waals surface area (Å²) in [4.78, 5) is 4.24. The minimum absolute atomic E-state index is 0.576. The fourth-order valence-electron chi connectivity index (χ4n) is 1.78. The molecule has 3 nitrogen and oxygen atoms in total. The fraction of sp³-hybridized carbons (Fsp3) is 0.750. The lowest BCUT2D eigenvalue weighted by molar-refractivity contribution is 0.563. The van der Waals surface area contributed by atoms with E-state index < -0.39 is 0 Å². The number of hydrogen-bond acceptors (Lipinski definition) is 3. The summed E-state index contributed by atoms with van der Waals surface area (Å²) in [5.41, 5.74) is 1.33. The molecule has 2 rings (SSSR count). The van der Waals surface area contributed by atoms with Gasteiger partial charge in [-0.1, -0.05) is 6.92 Å². The Morgan fingerprint density at radius 3 is 3.12 bits per heavy atom. The monoisotopic (exact) mass is 239 g/mol. The summed E-state index contributed by atoms with van der Waals surface area (Å²) in [5, 5.41) is 3.56. The Labute approximate surface area is 102 Å². The van der Waals surface area contributed by atoms with Gasteiger partial charge in [0.15, 0.2) is 0 Å². The van der Waals surface area contributed by atoms with Crippen molar-refractivity contribution in [2.45, 2.75) is 45.3 Å². The molecule has 1 fully saturated rings. The molecule has 0 bridgehead atoms. The molecular weight excluding hydrogens is 218 g/mol. The van der Waals surface area contributed by atoms with E-state index in [1.165, 1.54) is 30.0 Å². The number of rotatable bonds is 7. The summed E-state index contributed by atoms with van der Waals surface area (Å²) in [7, 11) is 0. The zero-order valence-electron chi connectivity index (χ0n) is 10.1. The third-order valence-electron chi connectivity index (χ3n) is 2.89. The van der Waals surface area contributed by atoms with E-state index in [-0.39, 0.29) is 0 Å². The second kappa shape index (κ2) is 5.73. The number of imidazole rings is 1. The Morgan fingerprint density at radius 2 is 2.44 bits per heavy atom. The molecule has 0 spiro atoms. The summed E-state index contributed by atoms with van der Waals surface area (Å²) >= 11 is 1.99. The normalized spacial score (nSPS) is 17.6. The Bertz CT molecular complexity index is 320. The second-order valence-corrected chi connectivity index (χ2v) is 5.78. The van der Waals surface area contributed by atoms with Gasteiger partial charge >= 0.3 is 0 Å². The summed E-state index contributed by atoms with van der Waals surface area (Å²) in [6.07, 6.45) is 6.61. The maximum atomic E-state index is 4.24. The maximum Gasteiger partial charge on any atom is 0.0951 e. The molecule has 1 atom stereocenters. The van der Waals surface area contributed by atoms with Crippen LogP contribution in [0.15, 0.2) is 12.5 Å². The van der Waals surface area contributed by atoms with E-state index in [1.807, 2.05) is 24.3 Å². The van der Waals surface area contributed by atoms with E-state index >= 15 is 0 Å². The third kappa shape index (κ3) is 3.25. The van der Waals surface area contributed by atoms with Crippen LogP contribution in [0.2, 0.25) is 0 Å². The van der Waals surface area contributed by atoms with Gasteiger partial charge in [-0.25, -0.2) is 4.98 Å². The third-order valence-corrected chi connectivity index (χ3v) is 4.03. The molecule has 0 saturated heterocycles. The van der Waals surface area contributed by atoms with Crippen LogP contribution in [0.3, 0.4) is 0 Å². The molecule has 4 heteroatoms. The molecule has 1 aliphatic rings. The number of hydrogen-bond donors (Lipinski definition) is 1. The van der Waals surface area contributed by atoms with Crippen molar-refractivity contribution in [3.63, 3.8) is 0 Å². The fourth-order valence-corrected chi connectivity index (χ4v) is 2.49. The first-order chi connectivity index (χ1) is 7.81. The molecule has 1 saturated carbocycles. The lowest BCUT2D eigenvalue weighted by atomic mass is 10.3. The molecule has 1 unspecified atom stereocenters.